The molecular weight excluding hydrogens is 339 g/mol. The topological polar surface area (TPSA) is 75.5 Å². The summed E-state index contributed by atoms with van der Waals surface area (Å²) in [6.45, 7) is 2.49. The van der Waals surface area contributed by atoms with Gasteiger partial charge in [0, 0.05) is 18.7 Å². The molecule has 0 radical (unpaired) electrons. The van der Waals surface area contributed by atoms with Gasteiger partial charge in [0.25, 0.3) is 0 Å². The summed E-state index contributed by atoms with van der Waals surface area (Å²) >= 11 is 0. The molecule has 1 aliphatic rings. The minimum atomic E-state index is -4.75. The van der Waals surface area contributed by atoms with Crippen LogP contribution >= 0.6 is 0 Å². The zero-order chi connectivity index (χ0) is 18.2. The number of halogens is 3. The van der Waals surface area contributed by atoms with Crippen LogP contribution in [0.15, 0.2) is 24.5 Å². The third kappa shape index (κ3) is 3.65. The quantitative estimate of drug-likeness (QED) is 0.914. The molecule has 0 saturated heterocycles. The molecule has 1 aromatic carbocycles. The highest BCUT2D eigenvalue weighted by atomic mass is 19.4. The number of alkyl halides is 3. The predicted molar refractivity (Wildman–Crippen MR) is 81.6 cm³/mol. The predicted octanol–water partition coefficient (Wildman–Crippen LogP) is 2.94. The molecule has 1 aromatic heterocycles. The lowest BCUT2D eigenvalue weighted by atomic mass is 9.99. The second kappa shape index (κ2) is 6.23. The summed E-state index contributed by atoms with van der Waals surface area (Å²) in [6.07, 6.45) is -2.97. The molecule has 2 aromatic rings. The number of ether oxygens (including phenoxy) is 1. The van der Waals surface area contributed by atoms with Crippen LogP contribution in [0.4, 0.5) is 19.0 Å². The standard InChI is InChI=1S/C16H14F3N3O3/c1-9-13(15(23)24)20-8-21-14(9)22-5-4-10-2-3-12(6-11(10)7-22)25-16(17,18)19/h2-3,6,8H,4-5,7H2,1H3,(H,23,24). The Balaban J connectivity index is 1.89. The molecule has 1 aliphatic heterocycles. The maximum Gasteiger partial charge on any atom is 0.573 e. The number of aromatic nitrogens is 2. The van der Waals surface area contributed by atoms with E-state index in [2.05, 4.69) is 14.7 Å². The van der Waals surface area contributed by atoms with Crippen LogP contribution in [0.1, 0.15) is 27.2 Å². The second-order valence-electron chi connectivity index (χ2n) is 5.63. The van der Waals surface area contributed by atoms with Crippen molar-refractivity contribution >= 4 is 11.8 Å². The monoisotopic (exact) mass is 353 g/mol. The number of hydrogen-bond acceptors (Lipinski definition) is 5. The molecule has 132 valence electrons. The Bertz CT molecular complexity index is 824. The molecule has 3 rings (SSSR count). The number of benzene rings is 1. The van der Waals surface area contributed by atoms with E-state index in [9.17, 15) is 18.0 Å². The van der Waals surface area contributed by atoms with E-state index in [1.807, 2.05) is 4.90 Å². The first-order valence-electron chi connectivity index (χ1n) is 7.42. The van der Waals surface area contributed by atoms with Gasteiger partial charge in [0.15, 0.2) is 5.69 Å². The number of carboxylic acid groups (broad SMARTS) is 1. The summed E-state index contributed by atoms with van der Waals surface area (Å²) in [5.74, 6) is -0.974. The van der Waals surface area contributed by atoms with Crippen LogP contribution in [0.25, 0.3) is 0 Å². The summed E-state index contributed by atoms with van der Waals surface area (Å²) in [6, 6.07) is 4.26. The number of carboxylic acids is 1. The van der Waals surface area contributed by atoms with Gasteiger partial charge >= 0.3 is 12.3 Å². The van der Waals surface area contributed by atoms with Crippen LogP contribution in [0, 0.1) is 6.92 Å². The number of carbonyl (C=O) groups is 1. The summed E-state index contributed by atoms with van der Waals surface area (Å²) in [5, 5.41) is 9.16. The van der Waals surface area contributed by atoms with Gasteiger partial charge in [0.1, 0.15) is 17.9 Å². The lowest BCUT2D eigenvalue weighted by molar-refractivity contribution is -0.274. The molecule has 0 bridgehead atoms. The average Bonchev–Trinajstić information content (AvgIpc) is 2.52. The van der Waals surface area contributed by atoms with Crippen LogP contribution in [-0.2, 0) is 13.0 Å². The van der Waals surface area contributed by atoms with Crippen molar-refractivity contribution in [1.29, 1.82) is 0 Å². The van der Waals surface area contributed by atoms with Crippen LogP contribution in [-0.4, -0.2) is 34.0 Å². The molecule has 0 aliphatic carbocycles. The Morgan fingerprint density at radius 2 is 2.04 bits per heavy atom. The smallest absolute Gasteiger partial charge is 0.476 e. The van der Waals surface area contributed by atoms with Gasteiger partial charge in [-0.15, -0.1) is 13.2 Å². The van der Waals surface area contributed by atoms with Gasteiger partial charge in [-0.1, -0.05) is 6.07 Å². The van der Waals surface area contributed by atoms with Crippen molar-refractivity contribution in [3.05, 3.63) is 46.9 Å². The Labute approximate surface area is 140 Å². The molecular formula is C16H14F3N3O3. The molecule has 9 heteroatoms. The maximum atomic E-state index is 12.4. The van der Waals surface area contributed by atoms with Crippen molar-refractivity contribution in [2.75, 3.05) is 11.4 Å². The maximum absolute atomic E-state index is 12.4. The van der Waals surface area contributed by atoms with Crippen LogP contribution in [0.5, 0.6) is 5.75 Å². The van der Waals surface area contributed by atoms with Crippen molar-refractivity contribution in [3.63, 3.8) is 0 Å². The number of anilines is 1. The first-order valence-corrected chi connectivity index (χ1v) is 7.42. The molecule has 0 spiro atoms. The lowest BCUT2D eigenvalue weighted by Crippen LogP contribution is -2.32. The Kier molecular flexibility index (Phi) is 4.23. The molecule has 1 N–H and O–H groups in total. The van der Waals surface area contributed by atoms with Crippen molar-refractivity contribution in [3.8, 4) is 5.75 Å². The number of nitrogens with zero attached hydrogens (tertiary/aromatic N) is 3. The van der Waals surface area contributed by atoms with Gasteiger partial charge < -0.3 is 14.7 Å². The highest BCUT2D eigenvalue weighted by Crippen LogP contribution is 2.30. The fourth-order valence-electron chi connectivity index (χ4n) is 2.89. The number of fused-ring (bicyclic) bond motifs is 1. The van der Waals surface area contributed by atoms with Crippen LogP contribution in [0.2, 0.25) is 0 Å². The lowest BCUT2D eigenvalue weighted by Gasteiger charge is -2.31. The fraction of sp³-hybridized carbons (Fsp3) is 0.312. The second-order valence-corrected chi connectivity index (χ2v) is 5.63. The highest BCUT2D eigenvalue weighted by molar-refractivity contribution is 5.88. The number of aromatic carboxylic acids is 1. The van der Waals surface area contributed by atoms with Gasteiger partial charge in [-0.2, -0.15) is 0 Å². The Hall–Kier alpha value is -2.84. The molecule has 6 nitrogen and oxygen atoms in total. The van der Waals surface area contributed by atoms with Gasteiger partial charge in [-0.05, 0) is 36.6 Å². The highest BCUT2D eigenvalue weighted by Gasteiger charge is 2.31. The van der Waals surface area contributed by atoms with Crippen LogP contribution in [0.3, 0.4) is 0 Å². The number of hydrogen-bond donors (Lipinski definition) is 1. The number of rotatable bonds is 3. The van der Waals surface area contributed by atoms with Crippen LogP contribution < -0.4 is 9.64 Å². The van der Waals surface area contributed by atoms with Crippen molar-refractivity contribution in [2.45, 2.75) is 26.3 Å². The summed E-state index contributed by atoms with van der Waals surface area (Å²) in [4.78, 5) is 20.9. The fourth-order valence-corrected chi connectivity index (χ4v) is 2.89. The SMILES string of the molecule is Cc1c(C(=O)O)ncnc1N1CCc2ccc(OC(F)(F)F)cc2C1. The molecule has 0 atom stereocenters. The Morgan fingerprint density at radius 3 is 2.72 bits per heavy atom. The van der Waals surface area contributed by atoms with Crippen molar-refractivity contribution in [2.24, 2.45) is 0 Å². The summed E-state index contributed by atoms with van der Waals surface area (Å²) in [5.41, 5.74) is 1.94. The van der Waals surface area contributed by atoms with Gasteiger partial charge in [-0.3, -0.25) is 0 Å². The van der Waals surface area contributed by atoms with E-state index in [0.29, 0.717) is 36.5 Å². The third-order valence-electron chi connectivity index (χ3n) is 3.98. The molecule has 0 unspecified atom stereocenters. The van der Waals surface area contributed by atoms with Crippen molar-refractivity contribution < 1.29 is 27.8 Å². The third-order valence-corrected chi connectivity index (χ3v) is 3.98. The summed E-state index contributed by atoms with van der Waals surface area (Å²) < 4.78 is 41.1. The van der Waals surface area contributed by atoms with Gasteiger partial charge in [0.2, 0.25) is 0 Å². The largest absolute Gasteiger partial charge is 0.573 e. The average molecular weight is 353 g/mol. The van der Waals surface area contributed by atoms with E-state index in [-0.39, 0.29) is 11.4 Å². The minimum absolute atomic E-state index is 0.0926. The van der Waals surface area contributed by atoms with E-state index in [1.165, 1.54) is 18.5 Å². The normalized spacial score (nSPS) is 14.2. The van der Waals surface area contributed by atoms with E-state index < -0.39 is 12.3 Å². The van der Waals surface area contributed by atoms with Gasteiger partial charge in [-0.25, -0.2) is 14.8 Å². The summed E-state index contributed by atoms with van der Waals surface area (Å²) in [7, 11) is 0. The zero-order valence-corrected chi connectivity index (χ0v) is 13.2. The Morgan fingerprint density at radius 1 is 1.28 bits per heavy atom. The first kappa shape index (κ1) is 17.0. The van der Waals surface area contributed by atoms with E-state index >= 15 is 0 Å². The van der Waals surface area contributed by atoms with E-state index in [4.69, 9.17) is 5.11 Å². The molecule has 0 saturated carbocycles. The molecule has 2 heterocycles. The molecule has 0 fully saturated rings. The van der Waals surface area contributed by atoms with Gasteiger partial charge in [0.05, 0.1) is 0 Å². The molecule has 25 heavy (non-hydrogen) atoms. The van der Waals surface area contributed by atoms with Crippen molar-refractivity contribution in [1.82, 2.24) is 9.97 Å². The van der Waals surface area contributed by atoms with E-state index in [1.54, 1.807) is 13.0 Å². The molecule has 0 amide bonds. The first-order chi connectivity index (χ1) is 11.7. The zero-order valence-electron chi connectivity index (χ0n) is 13.2. The van der Waals surface area contributed by atoms with E-state index in [0.717, 1.165) is 5.56 Å². The minimum Gasteiger partial charge on any atom is -0.476 e.